The van der Waals surface area contributed by atoms with Crippen molar-refractivity contribution in [2.45, 2.75) is 25.0 Å². The highest BCUT2D eigenvalue weighted by Gasteiger charge is 2.46. The van der Waals surface area contributed by atoms with Crippen molar-refractivity contribution in [1.29, 1.82) is 0 Å². The van der Waals surface area contributed by atoms with Crippen LogP contribution in [0.3, 0.4) is 0 Å². The van der Waals surface area contributed by atoms with E-state index >= 15 is 0 Å². The molecule has 2 heterocycles. The molecule has 222 valence electrons. The van der Waals surface area contributed by atoms with Gasteiger partial charge in [0.2, 0.25) is 5.91 Å². The quantitative estimate of drug-likeness (QED) is 0.276. The van der Waals surface area contributed by atoms with Crippen LogP contribution in [-0.4, -0.2) is 47.3 Å². The Hall–Kier alpha value is -5.44. The van der Waals surface area contributed by atoms with Crippen LogP contribution in [0.15, 0.2) is 120 Å². The van der Waals surface area contributed by atoms with E-state index in [-0.39, 0.29) is 31.4 Å². The lowest BCUT2D eigenvalue weighted by atomic mass is 9.95. The number of nitrogens with one attached hydrogen (secondary N) is 2. The summed E-state index contributed by atoms with van der Waals surface area (Å²) in [4.78, 5) is 44.0. The number of carbonyl (C=O) groups is 3. The van der Waals surface area contributed by atoms with E-state index in [1.165, 1.54) is 15.9 Å². The Morgan fingerprint density at radius 3 is 2.36 bits per heavy atom. The van der Waals surface area contributed by atoms with Gasteiger partial charge in [-0.2, -0.15) is 0 Å². The summed E-state index contributed by atoms with van der Waals surface area (Å²) >= 11 is 0. The molecule has 0 aromatic heterocycles. The molecule has 0 bridgehead atoms. The molecule has 4 amide bonds. The Balaban J connectivity index is 1.29. The molecule has 0 saturated heterocycles. The first-order valence-electron chi connectivity index (χ1n) is 14.3. The molecule has 2 aliphatic rings. The fourth-order valence-corrected chi connectivity index (χ4v) is 5.60. The Bertz CT molecular complexity index is 1730. The van der Waals surface area contributed by atoms with Crippen LogP contribution in [0.4, 0.5) is 9.18 Å². The van der Waals surface area contributed by atoms with Gasteiger partial charge in [0.15, 0.2) is 0 Å². The number of urea groups is 1. The van der Waals surface area contributed by atoms with E-state index in [4.69, 9.17) is 4.74 Å². The zero-order valence-electron chi connectivity index (χ0n) is 24.1. The van der Waals surface area contributed by atoms with E-state index in [0.717, 1.165) is 5.56 Å². The largest absolute Gasteiger partial charge is 0.457 e. The summed E-state index contributed by atoms with van der Waals surface area (Å²) < 4.78 is 20.3. The minimum Gasteiger partial charge on any atom is -0.457 e. The lowest BCUT2D eigenvalue weighted by Crippen LogP contribution is -2.49. The summed E-state index contributed by atoms with van der Waals surface area (Å²) in [5.74, 6) is 0.0237. The summed E-state index contributed by atoms with van der Waals surface area (Å²) in [5.41, 5.74) is 2.80. The van der Waals surface area contributed by atoms with Crippen LogP contribution >= 0.6 is 0 Å². The van der Waals surface area contributed by atoms with Gasteiger partial charge in [-0.25, -0.2) is 9.18 Å². The average molecular weight is 591 g/mol. The van der Waals surface area contributed by atoms with Gasteiger partial charge in [-0.3, -0.25) is 14.5 Å². The van der Waals surface area contributed by atoms with Crippen LogP contribution in [0.1, 0.15) is 22.7 Å². The molecule has 6 rings (SSSR count). The van der Waals surface area contributed by atoms with E-state index in [1.54, 1.807) is 37.4 Å². The average Bonchev–Trinajstić information content (AvgIpc) is 3.39. The number of hydrogen-bond acceptors (Lipinski definition) is 4. The second-order valence-corrected chi connectivity index (χ2v) is 10.7. The molecule has 0 saturated carbocycles. The van der Waals surface area contributed by atoms with Gasteiger partial charge in [-0.15, -0.1) is 0 Å². The fourth-order valence-electron chi connectivity index (χ4n) is 5.60. The molecule has 44 heavy (non-hydrogen) atoms. The Labute approximate surface area is 254 Å². The first-order valence-corrected chi connectivity index (χ1v) is 14.3. The summed E-state index contributed by atoms with van der Waals surface area (Å²) in [6.07, 6.45) is 0.242. The topological polar surface area (TPSA) is 91.0 Å². The van der Waals surface area contributed by atoms with E-state index < -0.39 is 23.8 Å². The molecule has 0 aliphatic carbocycles. The highest BCUT2D eigenvalue weighted by molar-refractivity contribution is 6.03. The standard InChI is InChI=1S/C35H31FN4O4/c1-39-30-22-40(29(19-23-11-4-2-5-12-23)33(41)37-21-25-13-8-9-18-28(25)36)34(42)31(30)32(38-35(39)43)24-14-10-17-27(20-24)44-26-15-6-3-7-16-26/h2-18,20,29,32H,19,21-22H2,1H3,(H,37,41)(H,38,43)/t29-,32-/m1/s1. The van der Waals surface area contributed by atoms with Crippen molar-refractivity contribution < 1.29 is 23.5 Å². The van der Waals surface area contributed by atoms with Crippen molar-refractivity contribution in [3.63, 3.8) is 0 Å². The summed E-state index contributed by atoms with van der Waals surface area (Å²) in [5, 5.41) is 5.78. The number of carbonyl (C=O) groups excluding carboxylic acids is 3. The van der Waals surface area contributed by atoms with Gasteiger partial charge >= 0.3 is 6.03 Å². The summed E-state index contributed by atoms with van der Waals surface area (Å²) in [6.45, 7) is 0.0438. The molecule has 2 N–H and O–H groups in total. The van der Waals surface area contributed by atoms with Crippen molar-refractivity contribution in [3.8, 4) is 11.5 Å². The van der Waals surface area contributed by atoms with Gasteiger partial charge in [-0.05, 0) is 41.5 Å². The van der Waals surface area contributed by atoms with Crippen molar-refractivity contribution in [1.82, 2.24) is 20.4 Å². The SMILES string of the molecule is CN1C(=O)N[C@H](c2cccc(Oc3ccccc3)c2)C2=C1CN([C@H](Cc1ccccc1)C(=O)NCc1ccccc1F)C2=O. The Kier molecular flexibility index (Phi) is 8.10. The van der Waals surface area contributed by atoms with Crippen LogP contribution < -0.4 is 15.4 Å². The van der Waals surface area contributed by atoms with Gasteiger partial charge in [-0.1, -0.05) is 78.9 Å². The van der Waals surface area contributed by atoms with Crippen LogP contribution in [0.25, 0.3) is 0 Å². The molecule has 2 atom stereocenters. The molecule has 4 aromatic carbocycles. The zero-order valence-corrected chi connectivity index (χ0v) is 24.1. The van der Waals surface area contributed by atoms with Crippen LogP contribution in [-0.2, 0) is 22.6 Å². The first kappa shape index (κ1) is 28.7. The molecule has 9 heteroatoms. The zero-order chi connectivity index (χ0) is 30.6. The number of rotatable bonds is 9. The lowest BCUT2D eigenvalue weighted by Gasteiger charge is -2.31. The Morgan fingerprint density at radius 2 is 1.61 bits per heavy atom. The molecule has 2 aliphatic heterocycles. The van der Waals surface area contributed by atoms with Gasteiger partial charge in [0.05, 0.1) is 23.9 Å². The monoisotopic (exact) mass is 590 g/mol. The lowest BCUT2D eigenvalue weighted by molar-refractivity contribution is -0.136. The van der Waals surface area contributed by atoms with Crippen molar-refractivity contribution in [3.05, 3.63) is 143 Å². The second-order valence-electron chi connectivity index (χ2n) is 10.7. The minimum absolute atomic E-state index is 0.0251. The van der Waals surface area contributed by atoms with Crippen LogP contribution in [0.2, 0.25) is 0 Å². The number of hydrogen-bond donors (Lipinski definition) is 2. The maximum Gasteiger partial charge on any atom is 0.322 e. The van der Waals surface area contributed by atoms with E-state index in [2.05, 4.69) is 10.6 Å². The van der Waals surface area contributed by atoms with Crippen molar-refractivity contribution in [2.75, 3.05) is 13.6 Å². The third kappa shape index (κ3) is 5.89. The number of likely N-dealkylation sites (N-methyl/N-ethyl adjacent to an activating group) is 1. The van der Waals surface area contributed by atoms with Gasteiger partial charge in [0.1, 0.15) is 23.4 Å². The number of ether oxygens (including phenoxy) is 1. The van der Waals surface area contributed by atoms with Gasteiger partial charge < -0.3 is 20.3 Å². The maximum absolute atomic E-state index is 14.3. The Morgan fingerprint density at radius 1 is 0.932 bits per heavy atom. The van der Waals surface area contributed by atoms with Crippen LogP contribution in [0, 0.1) is 5.82 Å². The number of nitrogens with zero attached hydrogens (tertiary/aromatic N) is 2. The van der Waals surface area contributed by atoms with Gasteiger partial charge in [0.25, 0.3) is 5.91 Å². The predicted molar refractivity (Wildman–Crippen MR) is 163 cm³/mol. The first-order chi connectivity index (χ1) is 21.4. The van der Waals surface area contributed by atoms with Crippen molar-refractivity contribution in [2.24, 2.45) is 0 Å². The number of benzene rings is 4. The molecule has 0 radical (unpaired) electrons. The second kappa shape index (κ2) is 12.4. The van der Waals surface area contributed by atoms with E-state index in [9.17, 15) is 18.8 Å². The third-order valence-corrected chi connectivity index (χ3v) is 7.92. The molecule has 8 nitrogen and oxygen atoms in total. The van der Waals surface area contributed by atoms with Crippen LogP contribution in [0.5, 0.6) is 11.5 Å². The fraction of sp³-hybridized carbons (Fsp3) is 0.171. The highest BCUT2D eigenvalue weighted by atomic mass is 19.1. The number of amides is 4. The molecule has 0 fully saturated rings. The summed E-state index contributed by atoms with van der Waals surface area (Å²) in [6, 6.07) is 30.2. The normalized spacial score (nSPS) is 16.8. The molecule has 4 aromatic rings. The minimum atomic E-state index is -0.904. The molecular weight excluding hydrogens is 559 g/mol. The number of halogens is 1. The maximum atomic E-state index is 14.3. The van der Waals surface area contributed by atoms with Gasteiger partial charge in [0, 0.05) is 25.6 Å². The predicted octanol–water partition coefficient (Wildman–Crippen LogP) is 5.34. The third-order valence-electron chi connectivity index (χ3n) is 7.92. The highest BCUT2D eigenvalue weighted by Crippen LogP contribution is 2.38. The summed E-state index contributed by atoms with van der Waals surface area (Å²) in [7, 11) is 1.61. The number of para-hydroxylation sites is 1. The molecule has 0 unspecified atom stereocenters. The van der Waals surface area contributed by atoms with E-state index in [0.29, 0.717) is 33.9 Å². The molecular formula is C35H31FN4O4. The van der Waals surface area contributed by atoms with Crippen molar-refractivity contribution >= 4 is 17.8 Å². The van der Waals surface area contributed by atoms with E-state index in [1.807, 2.05) is 72.8 Å². The molecule has 0 spiro atoms. The smallest absolute Gasteiger partial charge is 0.322 e.